The molecule has 9 heteroatoms. The predicted octanol–water partition coefficient (Wildman–Crippen LogP) is 1.04. The minimum atomic E-state index is -3.72. The number of rotatable bonds is 5. The van der Waals surface area contributed by atoms with Crippen molar-refractivity contribution in [1.29, 1.82) is 0 Å². The van der Waals surface area contributed by atoms with E-state index in [1.807, 2.05) is 0 Å². The van der Waals surface area contributed by atoms with E-state index >= 15 is 0 Å². The first kappa shape index (κ1) is 19.7. The van der Waals surface area contributed by atoms with Gasteiger partial charge in [-0.15, -0.1) is 0 Å². The lowest BCUT2D eigenvalue weighted by molar-refractivity contribution is -0.125. The Kier molecular flexibility index (Phi) is 5.28. The summed E-state index contributed by atoms with van der Waals surface area (Å²) in [6, 6.07) is 13.6. The molecule has 28 heavy (non-hydrogen) atoms. The van der Waals surface area contributed by atoms with Crippen molar-refractivity contribution in [2.45, 2.75) is 13.0 Å². The van der Waals surface area contributed by atoms with Crippen LogP contribution < -0.4 is 19.7 Å². The number of carbonyl (C=O) groups is 2. The van der Waals surface area contributed by atoms with Gasteiger partial charge in [-0.2, -0.15) is 0 Å². The fourth-order valence-corrected chi connectivity index (χ4v) is 3.96. The van der Waals surface area contributed by atoms with E-state index in [4.69, 9.17) is 10.5 Å². The van der Waals surface area contributed by atoms with Gasteiger partial charge in [0.1, 0.15) is 12.3 Å². The highest BCUT2D eigenvalue weighted by Crippen LogP contribution is 2.33. The maximum atomic E-state index is 13.1. The van der Waals surface area contributed by atoms with E-state index in [0.29, 0.717) is 17.1 Å². The van der Waals surface area contributed by atoms with Crippen molar-refractivity contribution in [3.05, 3.63) is 54.1 Å². The van der Waals surface area contributed by atoms with Gasteiger partial charge >= 0.3 is 0 Å². The van der Waals surface area contributed by atoms with Crippen molar-refractivity contribution >= 4 is 33.2 Å². The summed E-state index contributed by atoms with van der Waals surface area (Å²) in [6.07, 6.45) is 0.0376. The Morgan fingerprint density at radius 3 is 2.46 bits per heavy atom. The van der Waals surface area contributed by atoms with Crippen molar-refractivity contribution in [2.75, 3.05) is 28.6 Å². The molecule has 2 aromatic rings. The molecule has 0 aliphatic carbocycles. The van der Waals surface area contributed by atoms with Gasteiger partial charge in [0.2, 0.25) is 15.9 Å². The number of fused-ring (bicyclic) bond motifs is 1. The number of benzene rings is 2. The molecule has 0 radical (unpaired) electrons. The summed E-state index contributed by atoms with van der Waals surface area (Å²) in [4.78, 5) is 26.1. The SMILES string of the molecule is Cc1ccccc1N(CC(=O)N1C[C@H](C(N)=O)Oc2ccccc21)S(C)(=O)=O. The Bertz CT molecular complexity index is 1020. The number of ether oxygens (including phenoxy) is 1. The van der Waals surface area contributed by atoms with Gasteiger partial charge in [0.05, 0.1) is 24.2 Å². The zero-order valence-electron chi connectivity index (χ0n) is 15.5. The van der Waals surface area contributed by atoms with E-state index < -0.39 is 34.5 Å². The molecule has 0 saturated heterocycles. The fraction of sp³-hybridized carbons (Fsp3) is 0.263. The van der Waals surface area contributed by atoms with Crippen LogP contribution in [0.2, 0.25) is 0 Å². The van der Waals surface area contributed by atoms with E-state index in [1.54, 1.807) is 55.5 Å². The molecule has 8 nitrogen and oxygen atoms in total. The molecule has 0 spiro atoms. The summed E-state index contributed by atoms with van der Waals surface area (Å²) in [7, 11) is -3.72. The lowest BCUT2D eigenvalue weighted by Gasteiger charge is -2.35. The lowest BCUT2D eigenvalue weighted by Crippen LogP contribution is -2.52. The molecule has 2 aromatic carbocycles. The molecule has 0 unspecified atom stereocenters. The van der Waals surface area contributed by atoms with E-state index in [-0.39, 0.29) is 6.54 Å². The van der Waals surface area contributed by atoms with Crippen LogP contribution in [-0.4, -0.2) is 45.7 Å². The predicted molar refractivity (Wildman–Crippen MR) is 106 cm³/mol. The van der Waals surface area contributed by atoms with Crippen LogP contribution in [0.15, 0.2) is 48.5 Å². The molecular formula is C19H21N3O5S. The minimum Gasteiger partial charge on any atom is -0.477 e. The maximum Gasteiger partial charge on any atom is 0.260 e. The highest BCUT2D eigenvalue weighted by atomic mass is 32.2. The molecule has 0 saturated carbocycles. The van der Waals surface area contributed by atoms with Gasteiger partial charge in [0.15, 0.2) is 6.10 Å². The normalized spacial score (nSPS) is 16.1. The summed E-state index contributed by atoms with van der Waals surface area (Å²) >= 11 is 0. The van der Waals surface area contributed by atoms with E-state index in [2.05, 4.69) is 0 Å². The highest BCUT2D eigenvalue weighted by Gasteiger charge is 2.34. The fourth-order valence-electron chi connectivity index (χ4n) is 3.05. The number of sulfonamides is 1. The molecule has 1 aliphatic rings. The molecule has 0 aromatic heterocycles. The molecular weight excluding hydrogens is 382 g/mol. The van der Waals surface area contributed by atoms with Crippen LogP contribution in [0.5, 0.6) is 5.75 Å². The molecule has 1 atom stereocenters. The minimum absolute atomic E-state index is 0.0868. The smallest absolute Gasteiger partial charge is 0.260 e. The number of para-hydroxylation sites is 3. The third-order valence-corrected chi connectivity index (χ3v) is 5.58. The topological polar surface area (TPSA) is 110 Å². The molecule has 0 fully saturated rings. The van der Waals surface area contributed by atoms with Gasteiger partial charge in [-0.05, 0) is 30.7 Å². The number of carbonyl (C=O) groups excluding carboxylic acids is 2. The third-order valence-electron chi connectivity index (χ3n) is 4.46. The Hall–Kier alpha value is -3.07. The second kappa shape index (κ2) is 7.51. The average Bonchev–Trinajstić information content (AvgIpc) is 2.64. The Morgan fingerprint density at radius 2 is 1.82 bits per heavy atom. The number of primary amides is 1. The second-order valence-corrected chi connectivity index (χ2v) is 8.44. The summed E-state index contributed by atoms with van der Waals surface area (Å²) in [5.74, 6) is -0.852. The summed E-state index contributed by atoms with van der Waals surface area (Å²) < 4.78 is 31.4. The number of amides is 2. The van der Waals surface area contributed by atoms with Crippen molar-refractivity contribution in [3.8, 4) is 5.75 Å². The second-order valence-electron chi connectivity index (χ2n) is 6.54. The van der Waals surface area contributed by atoms with Crippen LogP contribution in [-0.2, 0) is 19.6 Å². The molecule has 1 aliphatic heterocycles. The summed E-state index contributed by atoms with van der Waals surface area (Å²) in [6.45, 7) is 1.27. The number of hydrogen-bond donors (Lipinski definition) is 1. The number of anilines is 2. The Labute approximate surface area is 163 Å². The van der Waals surface area contributed by atoms with Crippen LogP contribution in [0, 0.1) is 6.92 Å². The first-order chi connectivity index (χ1) is 13.2. The molecule has 1 heterocycles. The molecule has 3 rings (SSSR count). The van der Waals surface area contributed by atoms with E-state index in [0.717, 1.165) is 16.1 Å². The molecule has 2 N–H and O–H groups in total. The van der Waals surface area contributed by atoms with Crippen molar-refractivity contribution in [3.63, 3.8) is 0 Å². The average molecular weight is 403 g/mol. The Morgan fingerprint density at radius 1 is 1.18 bits per heavy atom. The Balaban J connectivity index is 1.96. The first-order valence-electron chi connectivity index (χ1n) is 8.57. The van der Waals surface area contributed by atoms with E-state index in [1.165, 1.54) is 4.90 Å². The largest absolute Gasteiger partial charge is 0.477 e. The zero-order chi connectivity index (χ0) is 20.5. The van der Waals surface area contributed by atoms with Crippen molar-refractivity contribution < 1.29 is 22.7 Å². The van der Waals surface area contributed by atoms with E-state index in [9.17, 15) is 18.0 Å². The number of nitrogens with two attached hydrogens (primary N) is 1. The molecule has 2 amide bonds. The highest BCUT2D eigenvalue weighted by molar-refractivity contribution is 7.92. The lowest BCUT2D eigenvalue weighted by atomic mass is 10.1. The summed E-state index contributed by atoms with van der Waals surface area (Å²) in [5.41, 5.74) is 6.96. The van der Waals surface area contributed by atoms with Crippen LogP contribution in [0.4, 0.5) is 11.4 Å². The van der Waals surface area contributed by atoms with Gasteiger partial charge in [-0.1, -0.05) is 30.3 Å². The van der Waals surface area contributed by atoms with Gasteiger partial charge in [0, 0.05) is 0 Å². The van der Waals surface area contributed by atoms with Gasteiger partial charge in [0.25, 0.3) is 5.91 Å². The van der Waals surface area contributed by atoms with Crippen molar-refractivity contribution in [1.82, 2.24) is 0 Å². The number of nitrogens with zero attached hydrogens (tertiary/aromatic N) is 2. The maximum absolute atomic E-state index is 13.1. The van der Waals surface area contributed by atoms with Crippen LogP contribution >= 0.6 is 0 Å². The van der Waals surface area contributed by atoms with Crippen LogP contribution in [0.1, 0.15) is 5.56 Å². The van der Waals surface area contributed by atoms with Crippen LogP contribution in [0.25, 0.3) is 0 Å². The molecule has 148 valence electrons. The monoisotopic (exact) mass is 403 g/mol. The van der Waals surface area contributed by atoms with Gasteiger partial charge < -0.3 is 15.4 Å². The number of hydrogen-bond acceptors (Lipinski definition) is 5. The zero-order valence-corrected chi connectivity index (χ0v) is 16.3. The quantitative estimate of drug-likeness (QED) is 0.802. The van der Waals surface area contributed by atoms with Gasteiger partial charge in [-0.25, -0.2) is 8.42 Å². The number of aryl methyl sites for hydroxylation is 1. The first-order valence-corrected chi connectivity index (χ1v) is 10.4. The van der Waals surface area contributed by atoms with Crippen LogP contribution in [0.3, 0.4) is 0 Å². The van der Waals surface area contributed by atoms with Crippen molar-refractivity contribution in [2.24, 2.45) is 5.73 Å². The standard InChI is InChI=1S/C19H21N3O5S/c1-13-7-3-4-8-14(13)22(28(2,25)26)12-18(23)21-11-17(19(20)24)27-16-10-6-5-9-15(16)21/h3-10,17H,11-12H2,1-2H3,(H2,20,24)/t17-/m1/s1. The van der Waals surface area contributed by atoms with Gasteiger partial charge in [-0.3, -0.25) is 13.9 Å². The third kappa shape index (κ3) is 3.94. The summed E-state index contributed by atoms with van der Waals surface area (Å²) in [5, 5.41) is 0. The molecule has 0 bridgehead atoms.